The fraction of sp³-hybridized carbons (Fsp3) is 0.722. The Hall–Kier alpha value is -1.90. The van der Waals surface area contributed by atoms with Crippen molar-refractivity contribution in [3.05, 3.63) is 22.4 Å². The molecule has 1 saturated heterocycles. The van der Waals surface area contributed by atoms with E-state index in [9.17, 15) is 18.0 Å². The zero-order valence-electron chi connectivity index (χ0n) is 15.1. The second kappa shape index (κ2) is 7.26. The van der Waals surface area contributed by atoms with E-state index in [2.05, 4.69) is 15.1 Å². The van der Waals surface area contributed by atoms with Crippen molar-refractivity contribution in [3.8, 4) is 0 Å². The number of nitrogens with zero attached hydrogens (tertiary/aromatic N) is 4. The van der Waals surface area contributed by atoms with Crippen LogP contribution in [-0.4, -0.2) is 50.5 Å². The molecule has 1 atom stereocenters. The summed E-state index contributed by atoms with van der Waals surface area (Å²) in [6.45, 7) is -0.220. The number of hydrogen-bond donors (Lipinski definition) is 1. The van der Waals surface area contributed by atoms with Crippen molar-refractivity contribution in [2.45, 2.75) is 57.2 Å². The average Bonchev–Trinajstić information content (AvgIpc) is 3.23. The van der Waals surface area contributed by atoms with Gasteiger partial charge in [-0.1, -0.05) is 25.7 Å². The van der Waals surface area contributed by atoms with Crippen LogP contribution in [0.4, 0.5) is 13.2 Å². The summed E-state index contributed by atoms with van der Waals surface area (Å²) < 4.78 is 39.9. The molecule has 2 aliphatic rings. The summed E-state index contributed by atoms with van der Waals surface area (Å²) in [5, 5.41) is 4.71. The second-order valence-electron chi connectivity index (χ2n) is 7.84. The van der Waals surface area contributed by atoms with E-state index < -0.39 is 12.7 Å². The molecule has 0 aromatic carbocycles. The van der Waals surface area contributed by atoms with E-state index in [0.29, 0.717) is 35.7 Å². The van der Waals surface area contributed by atoms with Crippen LogP contribution in [0.3, 0.4) is 0 Å². The van der Waals surface area contributed by atoms with E-state index in [1.165, 1.54) is 23.9 Å². The lowest BCUT2D eigenvalue weighted by molar-refractivity contribution is -0.149. The summed E-state index contributed by atoms with van der Waals surface area (Å²) in [4.78, 5) is 21.3. The summed E-state index contributed by atoms with van der Waals surface area (Å²) in [6, 6.07) is -0.202. The maximum absolute atomic E-state index is 12.7. The highest BCUT2D eigenvalue weighted by Gasteiger charge is 2.34. The molecule has 27 heavy (non-hydrogen) atoms. The highest BCUT2D eigenvalue weighted by atomic mass is 19.4. The minimum absolute atomic E-state index is 0.202. The van der Waals surface area contributed by atoms with Gasteiger partial charge in [0.15, 0.2) is 5.65 Å². The van der Waals surface area contributed by atoms with Crippen LogP contribution < -0.4 is 5.56 Å². The number of aromatic nitrogens is 4. The summed E-state index contributed by atoms with van der Waals surface area (Å²) in [6.07, 6.45) is 4.13. The third-order valence-corrected chi connectivity index (χ3v) is 5.70. The van der Waals surface area contributed by atoms with Gasteiger partial charge in [-0.15, -0.1) is 0 Å². The van der Waals surface area contributed by atoms with E-state index in [-0.39, 0.29) is 18.1 Å². The van der Waals surface area contributed by atoms with Gasteiger partial charge in [0, 0.05) is 13.0 Å². The maximum Gasteiger partial charge on any atom is 0.401 e. The Morgan fingerprint density at radius 3 is 2.70 bits per heavy atom. The van der Waals surface area contributed by atoms with Gasteiger partial charge < -0.3 is 4.98 Å². The number of piperidine rings is 1. The van der Waals surface area contributed by atoms with Crippen LogP contribution in [0, 0.1) is 5.92 Å². The van der Waals surface area contributed by atoms with E-state index in [4.69, 9.17) is 0 Å². The molecule has 1 aliphatic heterocycles. The van der Waals surface area contributed by atoms with Crippen molar-refractivity contribution in [2.75, 3.05) is 19.6 Å². The van der Waals surface area contributed by atoms with E-state index >= 15 is 0 Å². The summed E-state index contributed by atoms with van der Waals surface area (Å²) >= 11 is 0. The number of nitrogens with one attached hydrogen (secondary N) is 1. The fourth-order valence-corrected chi connectivity index (χ4v) is 4.46. The highest BCUT2D eigenvalue weighted by molar-refractivity contribution is 5.73. The molecule has 1 aliphatic carbocycles. The Kier molecular flexibility index (Phi) is 4.96. The molecule has 0 bridgehead atoms. The Morgan fingerprint density at radius 1 is 1.19 bits per heavy atom. The first-order valence-electron chi connectivity index (χ1n) is 9.64. The van der Waals surface area contributed by atoms with Gasteiger partial charge in [-0.25, -0.2) is 9.67 Å². The lowest BCUT2D eigenvalue weighted by Gasteiger charge is -2.33. The van der Waals surface area contributed by atoms with Crippen LogP contribution in [0.2, 0.25) is 0 Å². The molecule has 148 valence electrons. The number of H-pyrrole nitrogens is 1. The Morgan fingerprint density at radius 2 is 1.96 bits per heavy atom. The summed E-state index contributed by atoms with van der Waals surface area (Å²) in [7, 11) is 0. The van der Waals surface area contributed by atoms with Crippen LogP contribution >= 0.6 is 0 Å². The number of hydrogen-bond acceptors (Lipinski definition) is 4. The minimum Gasteiger partial charge on any atom is -0.310 e. The van der Waals surface area contributed by atoms with Crippen molar-refractivity contribution in [2.24, 2.45) is 5.92 Å². The summed E-state index contributed by atoms with van der Waals surface area (Å²) in [5.41, 5.74) is 0.271. The Balaban J connectivity index is 1.59. The van der Waals surface area contributed by atoms with Crippen LogP contribution in [-0.2, 0) is 6.42 Å². The van der Waals surface area contributed by atoms with Crippen molar-refractivity contribution in [3.63, 3.8) is 0 Å². The van der Waals surface area contributed by atoms with E-state index in [1.54, 1.807) is 4.68 Å². The molecule has 4 rings (SSSR count). The third-order valence-electron chi connectivity index (χ3n) is 5.70. The van der Waals surface area contributed by atoms with Gasteiger partial charge in [-0.3, -0.25) is 9.69 Å². The zero-order valence-corrected chi connectivity index (χ0v) is 15.1. The average molecular weight is 383 g/mol. The largest absolute Gasteiger partial charge is 0.401 e. The first-order chi connectivity index (χ1) is 12.9. The lowest BCUT2D eigenvalue weighted by atomic mass is 10.0. The molecule has 0 radical (unpaired) electrons. The van der Waals surface area contributed by atoms with Gasteiger partial charge in [0.05, 0.1) is 18.8 Å². The first kappa shape index (κ1) is 18.5. The molecule has 3 heterocycles. The van der Waals surface area contributed by atoms with Gasteiger partial charge >= 0.3 is 6.18 Å². The van der Waals surface area contributed by atoms with Crippen LogP contribution in [0.15, 0.2) is 11.0 Å². The second-order valence-corrected chi connectivity index (χ2v) is 7.84. The molecule has 1 N–H and O–H groups in total. The van der Waals surface area contributed by atoms with Crippen molar-refractivity contribution in [1.82, 2.24) is 24.6 Å². The number of likely N-dealkylation sites (tertiary alicyclic amines) is 1. The van der Waals surface area contributed by atoms with Gasteiger partial charge in [-0.05, 0) is 25.3 Å². The van der Waals surface area contributed by atoms with Gasteiger partial charge in [0.2, 0.25) is 0 Å². The van der Waals surface area contributed by atoms with E-state index in [0.717, 1.165) is 25.7 Å². The highest BCUT2D eigenvalue weighted by Crippen LogP contribution is 2.28. The predicted molar refractivity (Wildman–Crippen MR) is 94.6 cm³/mol. The molecule has 2 fully saturated rings. The molecular weight excluding hydrogens is 359 g/mol. The SMILES string of the molecule is O=c1[nH]c(CC2CCCC2)nc2c1cnn2C1CCCN(CC(F)(F)F)C1. The summed E-state index contributed by atoms with van der Waals surface area (Å²) in [5.74, 6) is 1.20. The van der Waals surface area contributed by atoms with Gasteiger partial charge in [0.25, 0.3) is 5.56 Å². The monoisotopic (exact) mass is 383 g/mol. The van der Waals surface area contributed by atoms with Gasteiger partial charge in [0.1, 0.15) is 11.2 Å². The van der Waals surface area contributed by atoms with Crippen LogP contribution in [0.1, 0.15) is 50.4 Å². The van der Waals surface area contributed by atoms with E-state index in [1.807, 2.05) is 0 Å². The standard InChI is InChI=1S/C18H24F3N5O/c19-18(20,21)11-25-7-3-6-13(10-25)26-16-14(9-22-26)17(27)24-15(23-16)8-12-4-1-2-5-12/h9,12-13H,1-8,10-11H2,(H,23,24,27). The molecule has 2 aromatic rings. The van der Waals surface area contributed by atoms with Crippen molar-refractivity contribution >= 4 is 11.0 Å². The van der Waals surface area contributed by atoms with Gasteiger partial charge in [-0.2, -0.15) is 18.3 Å². The molecule has 2 aromatic heterocycles. The number of rotatable bonds is 4. The topological polar surface area (TPSA) is 66.8 Å². The molecule has 0 spiro atoms. The zero-order chi connectivity index (χ0) is 19.0. The molecule has 0 amide bonds. The minimum atomic E-state index is -4.21. The first-order valence-corrected chi connectivity index (χ1v) is 9.64. The molecular formula is C18H24F3N5O. The number of alkyl halides is 3. The number of halogens is 3. The third kappa shape index (κ3) is 4.17. The fourth-order valence-electron chi connectivity index (χ4n) is 4.46. The quantitative estimate of drug-likeness (QED) is 0.881. The molecule has 6 nitrogen and oxygen atoms in total. The Labute approximate surface area is 154 Å². The smallest absolute Gasteiger partial charge is 0.310 e. The Bertz CT molecular complexity index is 853. The normalized spacial score (nSPS) is 22.7. The van der Waals surface area contributed by atoms with Crippen LogP contribution in [0.25, 0.3) is 11.0 Å². The lowest BCUT2D eigenvalue weighted by Crippen LogP contribution is -2.42. The molecule has 1 unspecified atom stereocenters. The molecule has 9 heteroatoms. The molecule has 1 saturated carbocycles. The van der Waals surface area contributed by atoms with Crippen molar-refractivity contribution < 1.29 is 13.2 Å². The maximum atomic E-state index is 12.7. The van der Waals surface area contributed by atoms with Crippen LogP contribution in [0.5, 0.6) is 0 Å². The number of aromatic amines is 1. The van der Waals surface area contributed by atoms with Crippen molar-refractivity contribution in [1.29, 1.82) is 0 Å². The predicted octanol–water partition coefficient (Wildman–Crippen LogP) is 3.05. The number of fused-ring (bicyclic) bond motifs is 1.